The zero-order valence-electron chi connectivity index (χ0n) is 12.9. The lowest BCUT2D eigenvalue weighted by Crippen LogP contribution is -2.24. The molecule has 120 valence electrons. The van der Waals surface area contributed by atoms with Crippen LogP contribution in [0.5, 0.6) is 5.75 Å². The summed E-state index contributed by atoms with van der Waals surface area (Å²) in [4.78, 5) is 11.8. The zero-order valence-corrected chi connectivity index (χ0v) is 13.7. The molecule has 3 aromatic rings. The normalized spacial score (nSPS) is 10.7. The van der Waals surface area contributed by atoms with Crippen LogP contribution in [0.1, 0.15) is 5.56 Å². The van der Waals surface area contributed by atoms with Crippen LogP contribution < -0.4 is 10.2 Å². The average Bonchev–Trinajstić information content (AvgIpc) is 3.14. The first-order valence-corrected chi connectivity index (χ1v) is 8.38. The Balaban J connectivity index is 1.60. The van der Waals surface area contributed by atoms with Gasteiger partial charge in [-0.05, 0) is 28.5 Å². The Bertz CT molecular complexity index is 814. The molecule has 4 nitrogen and oxygen atoms in total. The molecule has 0 saturated heterocycles. The maximum absolute atomic E-state index is 11.8. The lowest BCUT2D eigenvalue weighted by molar-refractivity contribution is -0.123. The summed E-state index contributed by atoms with van der Waals surface area (Å²) in [6, 6.07) is 19.5. The molecule has 0 aliphatic carbocycles. The van der Waals surface area contributed by atoms with Crippen molar-refractivity contribution in [2.75, 3.05) is 6.61 Å². The maximum Gasteiger partial charge on any atom is 0.277 e. The monoisotopic (exact) mass is 336 g/mol. The smallest absolute Gasteiger partial charge is 0.277 e. The Kier molecular flexibility index (Phi) is 5.37. The number of hydrogen-bond acceptors (Lipinski definition) is 4. The summed E-state index contributed by atoms with van der Waals surface area (Å²) in [6.07, 6.45) is 1.60. The molecular weight excluding hydrogens is 320 g/mol. The molecule has 1 N–H and O–H groups in total. The van der Waals surface area contributed by atoms with Gasteiger partial charge in [0.2, 0.25) is 0 Å². The zero-order chi connectivity index (χ0) is 16.6. The molecule has 1 aromatic heterocycles. The number of benzene rings is 2. The Labute approximate surface area is 144 Å². The molecule has 0 fully saturated rings. The third-order valence-electron chi connectivity index (χ3n) is 3.28. The van der Waals surface area contributed by atoms with Gasteiger partial charge in [-0.25, -0.2) is 5.43 Å². The Morgan fingerprint density at radius 2 is 1.88 bits per heavy atom. The van der Waals surface area contributed by atoms with Crippen LogP contribution in [0.3, 0.4) is 0 Å². The van der Waals surface area contributed by atoms with E-state index in [1.54, 1.807) is 17.6 Å². The van der Waals surface area contributed by atoms with E-state index in [0.717, 1.165) is 16.7 Å². The highest BCUT2D eigenvalue weighted by atomic mass is 32.1. The molecule has 0 radical (unpaired) electrons. The van der Waals surface area contributed by atoms with Crippen molar-refractivity contribution in [2.45, 2.75) is 0 Å². The van der Waals surface area contributed by atoms with Gasteiger partial charge in [-0.3, -0.25) is 4.79 Å². The van der Waals surface area contributed by atoms with E-state index in [2.05, 4.69) is 10.5 Å². The van der Waals surface area contributed by atoms with Crippen molar-refractivity contribution in [3.8, 4) is 16.9 Å². The van der Waals surface area contributed by atoms with Gasteiger partial charge in [-0.1, -0.05) is 48.5 Å². The fourth-order valence-electron chi connectivity index (χ4n) is 2.15. The molecule has 0 spiro atoms. The van der Waals surface area contributed by atoms with Crippen LogP contribution in [-0.2, 0) is 4.79 Å². The van der Waals surface area contributed by atoms with Gasteiger partial charge < -0.3 is 4.74 Å². The van der Waals surface area contributed by atoms with Crippen LogP contribution in [0.4, 0.5) is 0 Å². The van der Waals surface area contributed by atoms with Crippen molar-refractivity contribution in [3.63, 3.8) is 0 Å². The van der Waals surface area contributed by atoms with Crippen molar-refractivity contribution in [1.82, 2.24) is 5.43 Å². The van der Waals surface area contributed by atoms with E-state index in [1.165, 1.54) is 0 Å². The quantitative estimate of drug-likeness (QED) is 0.547. The van der Waals surface area contributed by atoms with Gasteiger partial charge in [0.1, 0.15) is 5.75 Å². The number of amides is 1. The Morgan fingerprint density at radius 1 is 1.08 bits per heavy atom. The Hall–Kier alpha value is -2.92. The maximum atomic E-state index is 11.8. The van der Waals surface area contributed by atoms with Crippen molar-refractivity contribution in [3.05, 3.63) is 77.0 Å². The number of carbonyl (C=O) groups excluding carboxylic acids is 1. The number of para-hydroxylation sites is 1. The third kappa shape index (κ3) is 4.30. The Morgan fingerprint density at radius 3 is 2.67 bits per heavy atom. The molecular formula is C19H16N2O2S. The minimum Gasteiger partial charge on any atom is -0.483 e. The minimum absolute atomic E-state index is 0.0924. The molecule has 0 aliphatic heterocycles. The van der Waals surface area contributed by atoms with Crippen LogP contribution in [0.15, 0.2) is 76.5 Å². The van der Waals surface area contributed by atoms with Gasteiger partial charge in [0.25, 0.3) is 5.91 Å². The average molecular weight is 336 g/mol. The van der Waals surface area contributed by atoms with Gasteiger partial charge >= 0.3 is 0 Å². The highest BCUT2D eigenvalue weighted by molar-refractivity contribution is 7.08. The molecule has 0 aliphatic rings. The van der Waals surface area contributed by atoms with Crippen LogP contribution in [0.25, 0.3) is 11.1 Å². The fourth-order valence-corrected chi connectivity index (χ4v) is 2.76. The first-order valence-electron chi connectivity index (χ1n) is 7.44. The van der Waals surface area contributed by atoms with E-state index in [-0.39, 0.29) is 12.5 Å². The second-order valence-corrected chi connectivity index (χ2v) is 5.78. The number of hydrogen-bond donors (Lipinski definition) is 1. The molecule has 1 heterocycles. The molecule has 2 aromatic carbocycles. The van der Waals surface area contributed by atoms with Gasteiger partial charge in [0.15, 0.2) is 6.61 Å². The molecule has 0 atom stereocenters. The summed E-state index contributed by atoms with van der Waals surface area (Å²) in [7, 11) is 0. The van der Waals surface area contributed by atoms with Gasteiger partial charge in [0.05, 0.1) is 6.21 Å². The predicted molar refractivity (Wildman–Crippen MR) is 97.4 cm³/mol. The van der Waals surface area contributed by atoms with Crippen LogP contribution in [-0.4, -0.2) is 18.7 Å². The van der Waals surface area contributed by atoms with E-state index in [0.29, 0.717) is 5.75 Å². The highest BCUT2D eigenvalue weighted by Crippen LogP contribution is 2.29. The second kappa shape index (κ2) is 8.08. The van der Waals surface area contributed by atoms with Crippen LogP contribution in [0, 0.1) is 0 Å². The summed E-state index contributed by atoms with van der Waals surface area (Å²) >= 11 is 1.58. The fraction of sp³-hybridized carbons (Fsp3) is 0.0526. The summed E-state index contributed by atoms with van der Waals surface area (Å²) in [5.74, 6) is 0.366. The molecule has 1 amide bonds. The number of carbonyl (C=O) groups is 1. The summed E-state index contributed by atoms with van der Waals surface area (Å²) < 4.78 is 5.66. The molecule has 0 saturated carbocycles. The standard InChI is InChI=1S/C19H16N2O2S/c22-19(21-20-12-15-10-11-24-14-15)13-23-18-9-5-4-8-17(18)16-6-2-1-3-7-16/h1-12,14H,13H2,(H,21,22)/b20-12-. The van der Waals surface area contributed by atoms with Gasteiger partial charge in [-0.2, -0.15) is 16.4 Å². The summed E-state index contributed by atoms with van der Waals surface area (Å²) in [5.41, 5.74) is 5.41. The van der Waals surface area contributed by atoms with Crippen molar-refractivity contribution >= 4 is 23.5 Å². The SMILES string of the molecule is O=C(COc1ccccc1-c1ccccc1)N/N=C\c1ccsc1. The number of hydrazone groups is 1. The lowest BCUT2D eigenvalue weighted by atomic mass is 10.1. The summed E-state index contributed by atoms with van der Waals surface area (Å²) in [6.45, 7) is -0.0924. The predicted octanol–water partition coefficient (Wildman–Crippen LogP) is 3.94. The van der Waals surface area contributed by atoms with Crippen LogP contribution >= 0.6 is 11.3 Å². The van der Waals surface area contributed by atoms with Crippen molar-refractivity contribution < 1.29 is 9.53 Å². The van der Waals surface area contributed by atoms with E-state index in [1.807, 2.05) is 71.4 Å². The molecule has 0 bridgehead atoms. The second-order valence-electron chi connectivity index (χ2n) is 5.00. The third-order valence-corrected chi connectivity index (χ3v) is 3.98. The van der Waals surface area contributed by atoms with E-state index in [4.69, 9.17) is 4.74 Å². The first kappa shape index (κ1) is 16.0. The topological polar surface area (TPSA) is 50.7 Å². The summed E-state index contributed by atoms with van der Waals surface area (Å²) in [5, 5.41) is 7.81. The number of rotatable bonds is 6. The van der Waals surface area contributed by atoms with Crippen molar-refractivity contribution in [2.24, 2.45) is 5.10 Å². The number of nitrogens with zero attached hydrogens (tertiary/aromatic N) is 1. The van der Waals surface area contributed by atoms with Crippen molar-refractivity contribution in [1.29, 1.82) is 0 Å². The number of thiophene rings is 1. The largest absolute Gasteiger partial charge is 0.483 e. The lowest BCUT2D eigenvalue weighted by Gasteiger charge is -2.10. The number of nitrogens with one attached hydrogen (secondary N) is 1. The van der Waals surface area contributed by atoms with Crippen LogP contribution in [0.2, 0.25) is 0 Å². The molecule has 0 unspecified atom stereocenters. The highest BCUT2D eigenvalue weighted by Gasteiger charge is 2.07. The molecule has 24 heavy (non-hydrogen) atoms. The minimum atomic E-state index is -0.302. The van der Waals surface area contributed by atoms with Gasteiger partial charge in [-0.15, -0.1) is 0 Å². The first-order chi connectivity index (χ1) is 11.8. The molecule has 3 rings (SSSR count). The van der Waals surface area contributed by atoms with E-state index < -0.39 is 0 Å². The number of ether oxygens (including phenoxy) is 1. The van der Waals surface area contributed by atoms with E-state index >= 15 is 0 Å². The van der Waals surface area contributed by atoms with Gasteiger partial charge in [0, 0.05) is 11.1 Å². The van der Waals surface area contributed by atoms with E-state index in [9.17, 15) is 4.79 Å². The molecule has 5 heteroatoms.